The van der Waals surface area contributed by atoms with Crippen LogP contribution in [0.1, 0.15) is 25.7 Å². The first-order chi connectivity index (χ1) is 13.6. The standard InChI is InChI=1S/C21H31N5O2/c1-25-10-11-26(2)17(13-25)14-28-19-5-3-4-15-12-22-21(24-20(15)19)23-16-6-8-18(27)9-7-16/h3-5,12,16-18,27H,6-11,13-14H2,1-2H3,(H,22,23,24). The molecule has 1 unspecified atom stereocenters. The van der Waals surface area contributed by atoms with Crippen LogP contribution in [0, 0.1) is 0 Å². The number of hydrogen-bond acceptors (Lipinski definition) is 7. The number of rotatable bonds is 5. The minimum Gasteiger partial charge on any atom is -0.490 e. The maximum Gasteiger partial charge on any atom is 0.223 e. The summed E-state index contributed by atoms with van der Waals surface area (Å²) in [6, 6.07) is 6.70. The third kappa shape index (κ3) is 4.54. The minimum atomic E-state index is -0.160. The van der Waals surface area contributed by atoms with Crippen LogP contribution in [0.3, 0.4) is 0 Å². The zero-order chi connectivity index (χ0) is 19.5. The highest BCUT2D eigenvalue weighted by Crippen LogP contribution is 2.26. The van der Waals surface area contributed by atoms with Gasteiger partial charge >= 0.3 is 0 Å². The molecule has 1 aromatic heterocycles. The maximum absolute atomic E-state index is 9.69. The lowest BCUT2D eigenvalue weighted by Crippen LogP contribution is -2.52. The topological polar surface area (TPSA) is 73.8 Å². The summed E-state index contributed by atoms with van der Waals surface area (Å²) in [6.45, 7) is 3.82. The number of aliphatic hydroxyl groups excluding tert-OH is 1. The number of fused-ring (bicyclic) bond motifs is 1. The highest BCUT2D eigenvalue weighted by atomic mass is 16.5. The van der Waals surface area contributed by atoms with Crippen LogP contribution in [0.5, 0.6) is 5.75 Å². The van der Waals surface area contributed by atoms with Crippen molar-refractivity contribution in [2.24, 2.45) is 0 Å². The van der Waals surface area contributed by atoms with Gasteiger partial charge in [-0.25, -0.2) is 9.97 Å². The van der Waals surface area contributed by atoms with Gasteiger partial charge in [-0.2, -0.15) is 0 Å². The fourth-order valence-corrected chi connectivity index (χ4v) is 4.08. The summed E-state index contributed by atoms with van der Waals surface area (Å²) in [5, 5.41) is 14.1. The van der Waals surface area contributed by atoms with E-state index in [-0.39, 0.29) is 6.10 Å². The quantitative estimate of drug-likeness (QED) is 0.815. The Balaban J connectivity index is 1.47. The first-order valence-corrected chi connectivity index (χ1v) is 10.3. The lowest BCUT2D eigenvalue weighted by molar-refractivity contribution is 0.0785. The lowest BCUT2D eigenvalue weighted by Gasteiger charge is -2.37. The Morgan fingerprint density at radius 3 is 2.82 bits per heavy atom. The van der Waals surface area contributed by atoms with Gasteiger partial charge in [0.25, 0.3) is 0 Å². The Hall–Kier alpha value is -1.96. The molecular formula is C21H31N5O2. The van der Waals surface area contributed by atoms with Gasteiger partial charge in [0.15, 0.2) is 0 Å². The van der Waals surface area contributed by atoms with Crippen LogP contribution in [-0.4, -0.2) is 83.4 Å². The molecule has 1 aliphatic carbocycles. The van der Waals surface area contributed by atoms with Crippen molar-refractivity contribution in [2.45, 2.75) is 43.9 Å². The number of nitrogens with one attached hydrogen (secondary N) is 1. The van der Waals surface area contributed by atoms with Crippen LogP contribution >= 0.6 is 0 Å². The van der Waals surface area contributed by atoms with E-state index >= 15 is 0 Å². The average molecular weight is 386 g/mol. The number of ether oxygens (including phenoxy) is 1. The number of benzene rings is 1. The van der Waals surface area contributed by atoms with E-state index in [1.54, 1.807) is 0 Å². The van der Waals surface area contributed by atoms with Gasteiger partial charge in [0.05, 0.1) is 12.1 Å². The molecule has 0 radical (unpaired) electrons. The fraction of sp³-hybridized carbons (Fsp3) is 0.619. The molecule has 4 rings (SSSR count). The van der Waals surface area contributed by atoms with Gasteiger partial charge < -0.3 is 20.1 Å². The number of aliphatic hydroxyl groups is 1. The van der Waals surface area contributed by atoms with Gasteiger partial charge in [0, 0.05) is 37.3 Å². The van der Waals surface area contributed by atoms with E-state index in [0.29, 0.717) is 24.6 Å². The van der Waals surface area contributed by atoms with E-state index in [1.165, 1.54) is 0 Å². The predicted octanol–water partition coefficient (Wildman–Crippen LogP) is 1.97. The molecule has 2 aliphatic rings. The second-order valence-electron chi connectivity index (χ2n) is 8.25. The van der Waals surface area contributed by atoms with Crippen molar-refractivity contribution in [1.29, 1.82) is 0 Å². The van der Waals surface area contributed by atoms with Gasteiger partial charge in [0.1, 0.15) is 17.9 Å². The Kier molecular flexibility index (Phi) is 5.94. The summed E-state index contributed by atoms with van der Waals surface area (Å²) >= 11 is 0. The molecule has 1 atom stereocenters. The number of nitrogens with zero attached hydrogens (tertiary/aromatic N) is 4. The van der Waals surface area contributed by atoms with Gasteiger partial charge in [-0.1, -0.05) is 12.1 Å². The number of piperazine rings is 1. The van der Waals surface area contributed by atoms with Crippen LogP contribution in [0.25, 0.3) is 10.9 Å². The molecule has 2 N–H and O–H groups in total. The van der Waals surface area contributed by atoms with E-state index in [9.17, 15) is 5.11 Å². The molecule has 1 saturated carbocycles. The van der Waals surface area contributed by atoms with Gasteiger partial charge in [-0.05, 0) is 45.8 Å². The number of para-hydroxylation sites is 1. The second-order valence-corrected chi connectivity index (χ2v) is 8.25. The summed E-state index contributed by atoms with van der Waals surface area (Å²) in [5.74, 6) is 1.45. The third-order valence-corrected chi connectivity index (χ3v) is 6.02. The number of likely N-dealkylation sites (N-methyl/N-ethyl adjacent to an activating group) is 2. The van der Waals surface area contributed by atoms with Crippen molar-refractivity contribution in [3.63, 3.8) is 0 Å². The SMILES string of the molecule is CN1CCN(C)C(COc2cccc3cnc(NC4CCC(O)CC4)nc23)C1. The van der Waals surface area contributed by atoms with Crippen LogP contribution in [0.15, 0.2) is 24.4 Å². The highest BCUT2D eigenvalue weighted by molar-refractivity contribution is 5.84. The van der Waals surface area contributed by atoms with E-state index in [1.807, 2.05) is 24.4 Å². The van der Waals surface area contributed by atoms with Gasteiger partial charge in [0.2, 0.25) is 5.95 Å². The largest absolute Gasteiger partial charge is 0.490 e. The second kappa shape index (κ2) is 8.59. The Morgan fingerprint density at radius 2 is 2.00 bits per heavy atom. The molecule has 1 saturated heterocycles. The monoisotopic (exact) mass is 385 g/mol. The summed E-state index contributed by atoms with van der Waals surface area (Å²) in [7, 11) is 4.32. The molecule has 152 valence electrons. The lowest BCUT2D eigenvalue weighted by atomic mass is 9.93. The Bertz CT molecular complexity index is 793. The number of aromatic nitrogens is 2. The van der Waals surface area contributed by atoms with E-state index in [4.69, 9.17) is 9.72 Å². The number of anilines is 1. The van der Waals surface area contributed by atoms with Crippen molar-refractivity contribution in [2.75, 3.05) is 45.7 Å². The van der Waals surface area contributed by atoms with Crippen molar-refractivity contribution in [1.82, 2.24) is 19.8 Å². The molecular weight excluding hydrogens is 354 g/mol. The van der Waals surface area contributed by atoms with Crippen LogP contribution in [0.4, 0.5) is 5.95 Å². The Labute approximate surface area is 166 Å². The molecule has 2 heterocycles. The van der Waals surface area contributed by atoms with Crippen molar-refractivity contribution < 1.29 is 9.84 Å². The zero-order valence-electron chi connectivity index (χ0n) is 16.8. The van der Waals surface area contributed by atoms with Gasteiger partial charge in [-0.3, -0.25) is 4.90 Å². The van der Waals surface area contributed by atoms with Crippen molar-refractivity contribution in [3.05, 3.63) is 24.4 Å². The molecule has 7 nitrogen and oxygen atoms in total. The molecule has 2 aromatic rings. The molecule has 2 fully saturated rings. The van der Waals surface area contributed by atoms with Crippen LogP contribution < -0.4 is 10.1 Å². The molecule has 0 spiro atoms. The van der Waals surface area contributed by atoms with Crippen LogP contribution in [0.2, 0.25) is 0 Å². The first kappa shape index (κ1) is 19.4. The number of hydrogen-bond donors (Lipinski definition) is 2. The summed E-state index contributed by atoms with van der Waals surface area (Å²) in [4.78, 5) is 13.9. The van der Waals surface area contributed by atoms with E-state index < -0.39 is 0 Å². The summed E-state index contributed by atoms with van der Waals surface area (Å²) in [6.07, 6.45) is 5.26. The molecule has 7 heteroatoms. The van der Waals surface area contributed by atoms with Crippen molar-refractivity contribution >= 4 is 16.9 Å². The third-order valence-electron chi connectivity index (χ3n) is 6.02. The summed E-state index contributed by atoms with van der Waals surface area (Å²) < 4.78 is 6.22. The molecule has 1 aliphatic heterocycles. The Morgan fingerprint density at radius 1 is 1.18 bits per heavy atom. The maximum atomic E-state index is 9.69. The molecule has 0 bridgehead atoms. The predicted molar refractivity (Wildman–Crippen MR) is 111 cm³/mol. The van der Waals surface area contributed by atoms with Crippen LogP contribution in [-0.2, 0) is 0 Å². The first-order valence-electron chi connectivity index (χ1n) is 10.3. The van der Waals surface area contributed by atoms with E-state index in [2.05, 4.69) is 34.2 Å². The van der Waals surface area contributed by atoms with Crippen molar-refractivity contribution in [3.8, 4) is 5.75 Å². The van der Waals surface area contributed by atoms with Gasteiger partial charge in [-0.15, -0.1) is 0 Å². The smallest absolute Gasteiger partial charge is 0.223 e. The highest BCUT2D eigenvalue weighted by Gasteiger charge is 2.23. The molecule has 1 aromatic carbocycles. The summed E-state index contributed by atoms with van der Waals surface area (Å²) in [5.41, 5.74) is 0.850. The normalized spacial score (nSPS) is 27.0. The average Bonchev–Trinajstić information content (AvgIpc) is 2.70. The fourth-order valence-electron chi connectivity index (χ4n) is 4.08. The minimum absolute atomic E-state index is 0.160. The van der Waals surface area contributed by atoms with E-state index in [0.717, 1.165) is 62.0 Å². The molecule has 28 heavy (non-hydrogen) atoms. The zero-order valence-corrected chi connectivity index (χ0v) is 16.8. The molecule has 0 amide bonds.